The number of anilines is 1. The van der Waals surface area contributed by atoms with Crippen LogP contribution in [-0.4, -0.2) is 90.2 Å². The van der Waals surface area contributed by atoms with Crippen molar-refractivity contribution in [3.05, 3.63) is 83.3 Å². The highest BCUT2D eigenvalue weighted by atomic mass is 19.1. The van der Waals surface area contributed by atoms with Crippen LogP contribution >= 0.6 is 0 Å². The van der Waals surface area contributed by atoms with Gasteiger partial charge in [-0.2, -0.15) is 0 Å². The number of benzene rings is 2. The number of piperazine rings is 1. The fourth-order valence-corrected chi connectivity index (χ4v) is 7.75. The Kier molecular flexibility index (Phi) is 28.8. The first-order valence-electron chi connectivity index (χ1n) is 23.0. The van der Waals surface area contributed by atoms with E-state index in [1.165, 1.54) is 100.0 Å². The predicted octanol–water partition coefficient (Wildman–Crippen LogP) is 13.6. The molecule has 3 aliphatic heterocycles. The van der Waals surface area contributed by atoms with Gasteiger partial charge in [-0.3, -0.25) is 14.8 Å². The average molecular weight is 792 g/mol. The number of unbranched alkanes of at least 4 members (excludes halogenated alkanes) is 1. The van der Waals surface area contributed by atoms with Crippen molar-refractivity contribution in [1.29, 1.82) is 0 Å². The molecule has 0 unspecified atom stereocenters. The summed E-state index contributed by atoms with van der Waals surface area (Å²) < 4.78 is 12.8. The molecule has 6 rings (SSSR count). The van der Waals surface area contributed by atoms with Gasteiger partial charge in [0.2, 0.25) is 0 Å². The normalized spacial score (nSPS) is 16.6. The smallest absolute Gasteiger partial charge is 0.126 e. The van der Waals surface area contributed by atoms with Crippen molar-refractivity contribution in [2.24, 2.45) is 0 Å². The first-order valence-corrected chi connectivity index (χ1v) is 23.0. The monoisotopic (exact) mass is 792 g/mol. The molecule has 3 saturated heterocycles. The number of pyridine rings is 1. The van der Waals surface area contributed by atoms with E-state index in [1.54, 1.807) is 13.0 Å². The van der Waals surface area contributed by atoms with Gasteiger partial charge in [0.25, 0.3) is 0 Å². The molecule has 3 aromatic rings. The Balaban J connectivity index is 0.00000118. The van der Waals surface area contributed by atoms with Crippen molar-refractivity contribution >= 4 is 16.6 Å². The highest BCUT2D eigenvalue weighted by Crippen LogP contribution is 2.34. The van der Waals surface area contributed by atoms with E-state index in [0.717, 1.165) is 47.4 Å². The second-order valence-electron chi connectivity index (χ2n) is 15.6. The van der Waals surface area contributed by atoms with E-state index in [9.17, 15) is 4.39 Å². The number of aromatic nitrogens is 1. The van der Waals surface area contributed by atoms with Gasteiger partial charge in [0.1, 0.15) is 5.82 Å². The van der Waals surface area contributed by atoms with E-state index >= 15 is 0 Å². The summed E-state index contributed by atoms with van der Waals surface area (Å²) in [4.78, 5) is 15.7. The molecule has 0 spiro atoms. The first-order chi connectivity index (χ1) is 27.4. The molecule has 0 radical (unpaired) electrons. The van der Waals surface area contributed by atoms with Crippen molar-refractivity contribution < 1.29 is 4.39 Å². The number of fused-ring (bicyclic) bond motifs is 1. The van der Waals surface area contributed by atoms with Crippen molar-refractivity contribution in [3.8, 4) is 0 Å². The van der Waals surface area contributed by atoms with E-state index < -0.39 is 0 Å². The summed E-state index contributed by atoms with van der Waals surface area (Å²) in [5.74, 6) is 0.443. The fourth-order valence-electron chi connectivity index (χ4n) is 7.75. The summed E-state index contributed by atoms with van der Waals surface area (Å²) >= 11 is 0. The van der Waals surface area contributed by atoms with Crippen LogP contribution in [0.5, 0.6) is 0 Å². The number of piperidine rings is 2. The molecule has 1 aromatic heterocycles. The second kappa shape index (κ2) is 30.3. The van der Waals surface area contributed by atoms with Crippen LogP contribution in [0.15, 0.2) is 49.7 Å². The lowest BCUT2D eigenvalue weighted by Crippen LogP contribution is -2.56. The lowest BCUT2D eigenvalue weighted by atomic mass is 9.95. The number of hydrogen-bond acceptors (Lipinski definition) is 5. The molecule has 0 amide bonds. The Labute approximate surface area is 353 Å². The summed E-state index contributed by atoms with van der Waals surface area (Å²) in [7, 11) is 0. The third-order valence-corrected chi connectivity index (χ3v) is 11.4. The average Bonchev–Trinajstić information content (AvgIpc) is 3.26. The summed E-state index contributed by atoms with van der Waals surface area (Å²) in [5.41, 5.74) is 8.05. The summed E-state index contributed by atoms with van der Waals surface area (Å²) in [5, 5.41) is 1.34. The van der Waals surface area contributed by atoms with E-state index in [-0.39, 0.29) is 5.82 Å². The zero-order valence-electron chi connectivity index (χ0n) is 40.2. The number of aryl methyl sites for hydroxylation is 3. The van der Waals surface area contributed by atoms with Crippen LogP contribution in [0.3, 0.4) is 0 Å². The van der Waals surface area contributed by atoms with Gasteiger partial charge in [-0.05, 0) is 132 Å². The molecular formula is C51H90FN5. The van der Waals surface area contributed by atoms with Gasteiger partial charge >= 0.3 is 0 Å². The topological polar surface area (TPSA) is 25.9 Å². The number of rotatable bonds is 6. The first kappa shape index (κ1) is 54.2. The van der Waals surface area contributed by atoms with E-state index in [2.05, 4.69) is 106 Å². The van der Waals surface area contributed by atoms with Gasteiger partial charge in [0.05, 0.1) is 11.2 Å². The molecule has 57 heavy (non-hydrogen) atoms. The van der Waals surface area contributed by atoms with Crippen LogP contribution in [0.2, 0.25) is 0 Å². The minimum Gasteiger partial charge on any atom is -0.371 e. The number of likely N-dealkylation sites (tertiary alicyclic amines) is 1. The quantitative estimate of drug-likeness (QED) is 0.232. The summed E-state index contributed by atoms with van der Waals surface area (Å²) in [6, 6.07) is 12.7. The molecule has 3 fully saturated rings. The molecule has 0 saturated carbocycles. The zero-order chi connectivity index (χ0) is 43.7. The largest absolute Gasteiger partial charge is 0.371 e. The van der Waals surface area contributed by atoms with Gasteiger partial charge < -0.3 is 9.80 Å². The van der Waals surface area contributed by atoms with Crippen molar-refractivity contribution in [1.82, 2.24) is 19.7 Å². The molecule has 5 nitrogen and oxygen atoms in total. The van der Waals surface area contributed by atoms with E-state index in [0.29, 0.717) is 12.0 Å². The lowest BCUT2D eigenvalue weighted by Gasteiger charge is -2.46. The molecule has 3 aliphatic rings. The van der Waals surface area contributed by atoms with Crippen molar-refractivity contribution in [3.63, 3.8) is 0 Å². The number of nitrogens with zero attached hydrogens (tertiary/aromatic N) is 5. The molecule has 326 valence electrons. The van der Waals surface area contributed by atoms with Gasteiger partial charge in [-0.1, -0.05) is 94.2 Å². The Bertz CT molecular complexity index is 1440. The third-order valence-electron chi connectivity index (χ3n) is 11.4. The van der Waals surface area contributed by atoms with Crippen LogP contribution in [0.1, 0.15) is 155 Å². The fraction of sp³-hybridized carbons (Fsp3) is 0.667. The van der Waals surface area contributed by atoms with Crippen LogP contribution < -0.4 is 4.90 Å². The van der Waals surface area contributed by atoms with E-state index in [4.69, 9.17) is 4.98 Å². The van der Waals surface area contributed by atoms with Crippen LogP contribution in [0, 0.1) is 33.5 Å². The van der Waals surface area contributed by atoms with Crippen LogP contribution in [0.25, 0.3) is 10.9 Å². The van der Waals surface area contributed by atoms with Crippen molar-refractivity contribution in [2.75, 3.05) is 57.3 Å². The molecule has 2 aromatic carbocycles. The van der Waals surface area contributed by atoms with Crippen molar-refractivity contribution in [2.45, 2.75) is 173 Å². The molecular weight excluding hydrogens is 702 g/mol. The molecule has 0 bridgehead atoms. The van der Waals surface area contributed by atoms with Gasteiger partial charge in [-0.15, -0.1) is 13.2 Å². The Morgan fingerprint density at radius 2 is 1.16 bits per heavy atom. The standard InChI is InChI=1S/C30H47N5.C9H11F.C4H10.3C2H6.C2H4/c1-22(2)25-6-7-29-28(20-25)30(24(5)21-31-29)35-14-10-26(11-15-35)33-12-8-27(9-13-33)34-18-16-32(17-19-34)23(3)4;1-6-4-7(2)8(3)9(10)5-6;1-3-4-2;4*1-2/h6-7,20-23,26-27H,8-19H2,1-5H3;4-5H,1-3H3;3-4H2,1-2H3;3*1-2H3;1-2H2. The summed E-state index contributed by atoms with van der Waals surface area (Å²) in [6.07, 6.45) is 9.99. The maximum atomic E-state index is 12.8. The third kappa shape index (κ3) is 17.1. The number of hydrogen-bond donors (Lipinski definition) is 0. The molecule has 6 heteroatoms. The zero-order valence-corrected chi connectivity index (χ0v) is 40.2. The van der Waals surface area contributed by atoms with Crippen LogP contribution in [0.4, 0.5) is 10.1 Å². The molecule has 4 heterocycles. The van der Waals surface area contributed by atoms with Gasteiger partial charge in [-0.25, -0.2) is 4.39 Å². The minimum absolute atomic E-state index is 0.0995. The summed E-state index contributed by atoms with van der Waals surface area (Å²) in [6.45, 7) is 49.4. The highest BCUT2D eigenvalue weighted by molar-refractivity contribution is 5.93. The van der Waals surface area contributed by atoms with Gasteiger partial charge in [0.15, 0.2) is 0 Å². The Morgan fingerprint density at radius 1 is 0.667 bits per heavy atom. The Morgan fingerprint density at radius 3 is 1.61 bits per heavy atom. The molecule has 0 N–H and O–H groups in total. The number of halogens is 1. The van der Waals surface area contributed by atoms with E-state index in [1.807, 2.05) is 61.5 Å². The predicted molar refractivity (Wildman–Crippen MR) is 255 cm³/mol. The van der Waals surface area contributed by atoms with Gasteiger partial charge in [0, 0.05) is 69.0 Å². The highest BCUT2D eigenvalue weighted by Gasteiger charge is 2.32. The SMILES string of the molecule is C=C.CC.CC.CC.CCCC.Cc1cc(C)c(C)c(F)c1.Cc1cnc2ccc(C(C)C)cc2c1N1CCC(N2CCC(N3CCN(C(C)C)CC3)CC2)CC1. The molecule has 0 aliphatic carbocycles. The Hall–Kier alpha value is -2.80. The lowest BCUT2D eigenvalue weighted by molar-refractivity contribution is 0.0359. The van der Waals surface area contributed by atoms with Crippen LogP contribution in [-0.2, 0) is 0 Å². The maximum absolute atomic E-state index is 12.8. The second-order valence-corrected chi connectivity index (χ2v) is 15.6. The maximum Gasteiger partial charge on any atom is 0.126 e. The minimum atomic E-state index is -0.0995. The molecule has 0 atom stereocenters.